The molecule has 0 fully saturated rings. The number of rotatable bonds is 8. The van der Waals surface area contributed by atoms with Gasteiger partial charge < -0.3 is 15.4 Å². The van der Waals surface area contributed by atoms with Crippen molar-refractivity contribution in [2.24, 2.45) is 5.92 Å². The average molecular weight is 230 g/mol. The van der Waals surface area contributed by atoms with Crippen molar-refractivity contribution in [2.45, 2.75) is 26.7 Å². The first kappa shape index (κ1) is 14.9. The molecule has 0 aliphatic carbocycles. The van der Waals surface area contributed by atoms with Crippen molar-refractivity contribution in [3.05, 3.63) is 0 Å². The number of carbonyl (C=O) groups is 2. The van der Waals surface area contributed by atoms with Crippen LogP contribution in [0.3, 0.4) is 0 Å². The van der Waals surface area contributed by atoms with Crippen LogP contribution < -0.4 is 10.6 Å². The molecule has 0 spiro atoms. The normalized spacial score (nSPS) is 10.2. The van der Waals surface area contributed by atoms with E-state index in [1.807, 2.05) is 13.8 Å². The van der Waals surface area contributed by atoms with Gasteiger partial charge in [0.2, 0.25) is 11.8 Å². The summed E-state index contributed by atoms with van der Waals surface area (Å²) in [5, 5.41) is 5.35. The third kappa shape index (κ3) is 9.45. The fourth-order valence-electron chi connectivity index (χ4n) is 1.03. The highest BCUT2D eigenvalue weighted by atomic mass is 16.5. The molecule has 0 aliphatic rings. The largest absolute Gasteiger partial charge is 0.385 e. The number of hydrogen-bond acceptors (Lipinski definition) is 3. The fourth-order valence-corrected chi connectivity index (χ4v) is 1.03. The van der Waals surface area contributed by atoms with Crippen molar-refractivity contribution in [3.63, 3.8) is 0 Å². The minimum Gasteiger partial charge on any atom is -0.385 e. The molecule has 0 rings (SSSR count). The summed E-state index contributed by atoms with van der Waals surface area (Å²) in [6, 6.07) is 0. The van der Waals surface area contributed by atoms with Gasteiger partial charge in [-0.05, 0) is 12.3 Å². The van der Waals surface area contributed by atoms with E-state index in [9.17, 15) is 9.59 Å². The van der Waals surface area contributed by atoms with E-state index in [4.69, 9.17) is 4.74 Å². The standard InChI is InChI=1S/C11H22N2O3/c1-9(2)8-13-11(15)7-10(14)12-5-4-6-16-3/h9H,4-8H2,1-3H3,(H,12,14)(H,13,15). The number of methoxy groups -OCH3 is 1. The molecule has 0 aromatic carbocycles. The van der Waals surface area contributed by atoms with Crippen LogP contribution in [0.1, 0.15) is 26.7 Å². The maximum absolute atomic E-state index is 11.3. The lowest BCUT2D eigenvalue weighted by Crippen LogP contribution is -2.34. The van der Waals surface area contributed by atoms with Crippen molar-refractivity contribution in [2.75, 3.05) is 26.8 Å². The minimum absolute atomic E-state index is 0.0975. The van der Waals surface area contributed by atoms with Crippen LogP contribution in [0.2, 0.25) is 0 Å². The first-order chi connectivity index (χ1) is 7.56. The van der Waals surface area contributed by atoms with Gasteiger partial charge in [-0.3, -0.25) is 9.59 Å². The molecule has 0 aromatic heterocycles. The second-order valence-electron chi connectivity index (χ2n) is 4.07. The van der Waals surface area contributed by atoms with Crippen LogP contribution in [-0.4, -0.2) is 38.6 Å². The lowest BCUT2D eigenvalue weighted by atomic mass is 10.2. The smallest absolute Gasteiger partial charge is 0.229 e. The molecule has 0 saturated heterocycles. The van der Waals surface area contributed by atoms with Gasteiger partial charge >= 0.3 is 0 Å². The lowest BCUT2D eigenvalue weighted by Gasteiger charge is -2.08. The third-order valence-electron chi connectivity index (χ3n) is 1.88. The Morgan fingerprint density at radius 1 is 1.19 bits per heavy atom. The summed E-state index contributed by atoms with van der Waals surface area (Å²) in [5.41, 5.74) is 0. The van der Waals surface area contributed by atoms with Crippen LogP contribution in [0.5, 0.6) is 0 Å². The summed E-state index contributed by atoms with van der Waals surface area (Å²) < 4.78 is 4.84. The van der Waals surface area contributed by atoms with Crippen molar-refractivity contribution < 1.29 is 14.3 Å². The molecule has 0 aromatic rings. The van der Waals surface area contributed by atoms with Gasteiger partial charge in [0.25, 0.3) is 0 Å². The summed E-state index contributed by atoms with van der Waals surface area (Å²) >= 11 is 0. The number of ether oxygens (including phenoxy) is 1. The summed E-state index contributed by atoms with van der Waals surface area (Å²) in [6.45, 7) is 5.77. The number of hydrogen-bond donors (Lipinski definition) is 2. The number of carbonyl (C=O) groups excluding carboxylic acids is 2. The molecule has 5 heteroatoms. The fraction of sp³-hybridized carbons (Fsp3) is 0.818. The van der Waals surface area contributed by atoms with E-state index in [1.54, 1.807) is 7.11 Å². The van der Waals surface area contributed by atoms with Crippen LogP contribution in [0, 0.1) is 5.92 Å². The Balaban J connectivity index is 3.51. The van der Waals surface area contributed by atoms with Crippen molar-refractivity contribution in [3.8, 4) is 0 Å². The van der Waals surface area contributed by atoms with Gasteiger partial charge in [0.1, 0.15) is 6.42 Å². The molecule has 2 amide bonds. The Morgan fingerprint density at radius 2 is 1.81 bits per heavy atom. The predicted octanol–water partition coefficient (Wildman–Crippen LogP) is 0.301. The average Bonchev–Trinajstić information content (AvgIpc) is 2.21. The van der Waals surface area contributed by atoms with E-state index < -0.39 is 0 Å². The molecular weight excluding hydrogens is 208 g/mol. The van der Waals surface area contributed by atoms with E-state index >= 15 is 0 Å². The van der Waals surface area contributed by atoms with Crippen LogP contribution in [0.15, 0.2) is 0 Å². The zero-order valence-corrected chi connectivity index (χ0v) is 10.3. The molecule has 0 unspecified atom stereocenters. The van der Waals surface area contributed by atoms with E-state index in [0.717, 1.165) is 6.42 Å². The summed E-state index contributed by atoms with van der Waals surface area (Å²) in [4.78, 5) is 22.5. The highest BCUT2D eigenvalue weighted by Crippen LogP contribution is 1.88. The SMILES string of the molecule is COCCCNC(=O)CC(=O)NCC(C)C. The third-order valence-corrected chi connectivity index (χ3v) is 1.88. The first-order valence-corrected chi connectivity index (χ1v) is 5.58. The van der Waals surface area contributed by atoms with E-state index in [2.05, 4.69) is 10.6 Å². The second-order valence-corrected chi connectivity index (χ2v) is 4.07. The number of amides is 2. The monoisotopic (exact) mass is 230 g/mol. The Morgan fingerprint density at radius 3 is 2.38 bits per heavy atom. The topological polar surface area (TPSA) is 67.4 Å². The Bertz CT molecular complexity index is 217. The Hall–Kier alpha value is -1.10. The molecule has 0 saturated carbocycles. The molecule has 2 N–H and O–H groups in total. The molecule has 0 radical (unpaired) electrons. The molecule has 0 aliphatic heterocycles. The van der Waals surface area contributed by atoms with Gasteiger partial charge in [-0.15, -0.1) is 0 Å². The van der Waals surface area contributed by atoms with Crippen LogP contribution in [0.25, 0.3) is 0 Å². The van der Waals surface area contributed by atoms with Gasteiger partial charge in [-0.1, -0.05) is 13.8 Å². The maximum atomic E-state index is 11.3. The second kappa shape index (κ2) is 9.15. The molecule has 16 heavy (non-hydrogen) atoms. The predicted molar refractivity (Wildman–Crippen MR) is 62.0 cm³/mol. The van der Waals surface area contributed by atoms with Gasteiger partial charge in [-0.2, -0.15) is 0 Å². The van der Waals surface area contributed by atoms with Gasteiger partial charge in [-0.25, -0.2) is 0 Å². The van der Waals surface area contributed by atoms with E-state index in [0.29, 0.717) is 25.6 Å². The molecule has 94 valence electrons. The van der Waals surface area contributed by atoms with Crippen molar-refractivity contribution >= 4 is 11.8 Å². The molecule has 0 bridgehead atoms. The lowest BCUT2D eigenvalue weighted by molar-refractivity contribution is -0.129. The number of nitrogens with one attached hydrogen (secondary N) is 2. The quantitative estimate of drug-likeness (QED) is 0.465. The molecule has 5 nitrogen and oxygen atoms in total. The Labute approximate surface area is 96.9 Å². The van der Waals surface area contributed by atoms with Gasteiger partial charge in [0.05, 0.1) is 0 Å². The minimum atomic E-state index is -0.239. The zero-order valence-electron chi connectivity index (χ0n) is 10.3. The maximum Gasteiger partial charge on any atom is 0.229 e. The van der Waals surface area contributed by atoms with E-state index in [1.165, 1.54) is 0 Å². The summed E-state index contributed by atoms with van der Waals surface area (Å²) in [6.07, 6.45) is 0.662. The summed E-state index contributed by atoms with van der Waals surface area (Å²) in [5.74, 6) is -0.0657. The molecule has 0 heterocycles. The summed E-state index contributed by atoms with van der Waals surface area (Å²) in [7, 11) is 1.61. The Kier molecular flexibility index (Phi) is 8.52. The molecular formula is C11H22N2O3. The van der Waals surface area contributed by atoms with Gasteiger partial charge in [0.15, 0.2) is 0 Å². The first-order valence-electron chi connectivity index (χ1n) is 5.58. The highest BCUT2D eigenvalue weighted by molar-refractivity contribution is 5.96. The zero-order chi connectivity index (χ0) is 12.4. The van der Waals surface area contributed by atoms with Crippen LogP contribution >= 0.6 is 0 Å². The van der Waals surface area contributed by atoms with Crippen LogP contribution in [0.4, 0.5) is 0 Å². The van der Waals surface area contributed by atoms with Gasteiger partial charge in [0, 0.05) is 26.8 Å². The van der Waals surface area contributed by atoms with Crippen molar-refractivity contribution in [1.29, 1.82) is 0 Å². The van der Waals surface area contributed by atoms with Crippen molar-refractivity contribution in [1.82, 2.24) is 10.6 Å². The molecule has 0 atom stereocenters. The van der Waals surface area contributed by atoms with Crippen LogP contribution in [-0.2, 0) is 14.3 Å². The highest BCUT2D eigenvalue weighted by Gasteiger charge is 2.08. The van der Waals surface area contributed by atoms with E-state index in [-0.39, 0.29) is 18.2 Å².